The Morgan fingerprint density at radius 1 is 1.12 bits per heavy atom. The molecular weight excluding hydrogens is 546 g/mol. The van der Waals surface area contributed by atoms with Crippen LogP contribution in [0.15, 0.2) is 59.7 Å². The third kappa shape index (κ3) is 5.66. The predicted octanol–water partition coefficient (Wildman–Crippen LogP) is 3.37. The van der Waals surface area contributed by atoms with E-state index in [1.807, 2.05) is 44.2 Å². The van der Waals surface area contributed by atoms with E-state index >= 15 is 0 Å². The van der Waals surface area contributed by atoms with Gasteiger partial charge in [0.15, 0.2) is 28.9 Å². The lowest BCUT2D eigenvalue weighted by atomic mass is 10.1. The maximum atomic E-state index is 14.7. The topological polar surface area (TPSA) is 152 Å². The lowest BCUT2D eigenvalue weighted by molar-refractivity contribution is 0.0636. The van der Waals surface area contributed by atoms with Crippen molar-refractivity contribution in [2.24, 2.45) is 0 Å². The first-order valence-corrected chi connectivity index (χ1v) is 13.1. The van der Waals surface area contributed by atoms with Crippen LogP contribution in [-0.4, -0.2) is 48.6 Å². The molecule has 11 nitrogen and oxygen atoms in total. The molecule has 1 amide bonds. The number of amides is 1. The Bertz CT molecular complexity index is 1730. The van der Waals surface area contributed by atoms with Gasteiger partial charge < -0.3 is 25.3 Å². The quantitative estimate of drug-likeness (QED) is 0.257. The molecule has 0 atom stereocenters. The Kier molecular flexibility index (Phi) is 7.91. The van der Waals surface area contributed by atoms with Gasteiger partial charge in [0.2, 0.25) is 5.43 Å². The molecule has 0 bridgehead atoms. The number of halogens is 2. The summed E-state index contributed by atoms with van der Waals surface area (Å²) in [6.07, 6.45) is 1.78. The molecule has 1 aromatic carbocycles. The van der Waals surface area contributed by atoms with E-state index in [-0.39, 0.29) is 65.3 Å². The lowest BCUT2D eigenvalue weighted by Crippen LogP contribution is -2.46. The van der Waals surface area contributed by atoms with E-state index in [1.54, 1.807) is 9.47 Å². The second kappa shape index (κ2) is 11.7. The van der Waals surface area contributed by atoms with Gasteiger partial charge in [-0.3, -0.25) is 15.0 Å². The first-order valence-electron chi connectivity index (χ1n) is 13.1. The molecule has 4 heterocycles. The minimum Gasteiger partial charge on any atom is -0.483 e. The zero-order valence-corrected chi connectivity index (χ0v) is 22.9. The van der Waals surface area contributed by atoms with E-state index in [2.05, 4.69) is 20.3 Å². The Morgan fingerprint density at radius 3 is 2.62 bits per heavy atom. The Hall–Kier alpha value is -5.20. The van der Waals surface area contributed by atoms with Crippen molar-refractivity contribution < 1.29 is 18.3 Å². The first kappa shape index (κ1) is 28.3. The number of hydrogen-bond acceptors (Lipinski definition) is 9. The highest BCUT2D eigenvalue weighted by molar-refractivity contribution is 6.11. The van der Waals surface area contributed by atoms with Gasteiger partial charge in [0.25, 0.3) is 5.91 Å². The van der Waals surface area contributed by atoms with Crippen LogP contribution in [0.5, 0.6) is 5.75 Å². The number of nitrogens with two attached hydrogens (primary N) is 1. The van der Waals surface area contributed by atoms with E-state index in [4.69, 9.17) is 15.9 Å². The highest BCUT2D eigenvalue weighted by atomic mass is 19.1. The lowest BCUT2D eigenvalue weighted by Gasteiger charge is -2.35. The van der Waals surface area contributed by atoms with Crippen LogP contribution in [0.1, 0.15) is 47.0 Å². The third-order valence-corrected chi connectivity index (χ3v) is 6.79. The van der Waals surface area contributed by atoms with Crippen molar-refractivity contribution in [1.29, 1.82) is 5.41 Å². The molecule has 13 heteroatoms. The maximum absolute atomic E-state index is 14.7. The van der Waals surface area contributed by atoms with Crippen LogP contribution in [0.3, 0.4) is 0 Å². The van der Waals surface area contributed by atoms with Gasteiger partial charge in [-0.15, -0.1) is 0 Å². The van der Waals surface area contributed by atoms with Crippen LogP contribution in [0.25, 0.3) is 0 Å². The van der Waals surface area contributed by atoms with Crippen LogP contribution in [0.4, 0.5) is 20.4 Å². The molecule has 42 heavy (non-hydrogen) atoms. The second-order valence-electron chi connectivity index (χ2n) is 9.90. The smallest absolute Gasteiger partial charge is 0.274 e. The summed E-state index contributed by atoms with van der Waals surface area (Å²) in [6.45, 7) is 4.59. The number of nitrogen functional groups attached to an aromatic ring is 1. The summed E-state index contributed by atoms with van der Waals surface area (Å²) in [5, 5.41) is 11.2. The van der Waals surface area contributed by atoms with Crippen molar-refractivity contribution in [3.05, 3.63) is 105 Å². The normalized spacial score (nSPS) is 12.8. The van der Waals surface area contributed by atoms with Crippen molar-refractivity contribution >= 4 is 23.3 Å². The number of nitrogens with zero attached hydrogens (tertiary/aromatic N) is 5. The van der Waals surface area contributed by atoms with Crippen molar-refractivity contribution in [2.45, 2.75) is 39.6 Å². The molecule has 1 aliphatic rings. The Morgan fingerprint density at radius 2 is 1.88 bits per heavy atom. The van der Waals surface area contributed by atoms with Gasteiger partial charge in [0.05, 0.1) is 18.9 Å². The zero-order valence-electron chi connectivity index (χ0n) is 22.9. The van der Waals surface area contributed by atoms with Gasteiger partial charge in [-0.2, -0.15) is 0 Å². The summed E-state index contributed by atoms with van der Waals surface area (Å²) in [5.74, 6) is -2.50. The molecule has 216 valence electrons. The van der Waals surface area contributed by atoms with Gasteiger partial charge in [-0.05, 0) is 25.5 Å². The minimum absolute atomic E-state index is 0.0486. The fourth-order valence-electron chi connectivity index (χ4n) is 4.66. The molecule has 0 unspecified atom stereocenters. The molecule has 0 radical (unpaired) electrons. The van der Waals surface area contributed by atoms with Crippen LogP contribution in [0.2, 0.25) is 0 Å². The molecule has 3 aromatic heterocycles. The molecule has 0 spiro atoms. The highest BCUT2D eigenvalue weighted by Crippen LogP contribution is 2.25. The van der Waals surface area contributed by atoms with Gasteiger partial charge in [0.1, 0.15) is 24.0 Å². The van der Waals surface area contributed by atoms with E-state index in [0.29, 0.717) is 18.8 Å². The summed E-state index contributed by atoms with van der Waals surface area (Å²) in [4.78, 5) is 40.1. The number of aromatic nitrogens is 4. The zero-order chi connectivity index (χ0) is 30.0. The number of carbonyl (C=O) groups is 1. The second-order valence-corrected chi connectivity index (χ2v) is 9.90. The number of hydrogen-bond donors (Lipinski definition) is 3. The van der Waals surface area contributed by atoms with Crippen LogP contribution < -0.4 is 21.2 Å². The maximum Gasteiger partial charge on any atom is 0.274 e. The van der Waals surface area contributed by atoms with Crippen molar-refractivity contribution in [3.8, 4) is 5.75 Å². The van der Waals surface area contributed by atoms with E-state index < -0.39 is 17.1 Å². The summed E-state index contributed by atoms with van der Waals surface area (Å²) < 4.78 is 36.0. The van der Waals surface area contributed by atoms with Crippen LogP contribution >= 0.6 is 0 Å². The molecule has 5 rings (SSSR count). The summed E-state index contributed by atoms with van der Waals surface area (Å²) in [7, 11) is 0. The standard InChI is InChI=1S/C29H28F2N8O3/c1-16(2)38-8-9-39-19(11-22(40)25(24(39)29(38)41)42-15-17-6-4-3-5-7-17)13-35-27-21(31)14-36-28(37-27)23(32)20-10-18(30)12-34-26(20)33/h3-7,10-12,14,16,32H,8-9,13,15H2,1-2H3,(H2,33,34)(H,35,36,37). The van der Waals surface area contributed by atoms with E-state index in [1.165, 1.54) is 6.07 Å². The SMILES string of the molecule is CC(C)N1CCn2c(CNc3nc(C(=N)c4cc(F)cnc4N)ncc3F)cc(=O)c(OCc3ccccc3)c2C1=O. The number of fused-ring (bicyclic) bond motifs is 1. The van der Waals surface area contributed by atoms with Gasteiger partial charge >= 0.3 is 0 Å². The van der Waals surface area contributed by atoms with E-state index in [9.17, 15) is 18.4 Å². The largest absolute Gasteiger partial charge is 0.483 e. The monoisotopic (exact) mass is 574 g/mol. The van der Waals surface area contributed by atoms with Gasteiger partial charge in [-0.1, -0.05) is 30.3 Å². The first-order chi connectivity index (χ1) is 20.1. The van der Waals surface area contributed by atoms with Crippen LogP contribution in [-0.2, 0) is 19.7 Å². The van der Waals surface area contributed by atoms with Crippen molar-refractivity contribution in [1.82, 2.24) is 24.4 Å². The number of benzene rings is 1. The van der Waals surface area contributed by atoms with Crippen molar-refractivity contribution in [3.63, 3.8) is 0 Å². The molecule has 4 N–H and O–H groups in total. The number of rotatable bonds is 9. The third-order valence-electron chi connectivity index (χ3n) is 6.79. The number of anilines is 2. The summed E-state index contributed by atoms with van der Waals surface area (Å²) >= 11 is 0. The highest BCUT2D eigenvalue weighted by Gasteiger charge is 2.32. The van der Waals surface area contributed by atoms with E-state index in [0.717, 1.165) is 24.0 Å². The number of pyridine rings is 2. The molecule has 0 saturated carbocycles. The average molecular weight is 575 g/mol. The van der Waals surface area contributed by atoms with Crippen molar-refractivity contribution in [2.75, 3.05) is 17.6 Å². The molecule has 0 fully saturated rings. The molecule has 1 aliphatic heterocycles. The van der Waals surface area contributed by atoms with Gasteiger partial charge in [-0.25, -0.2) is 23.7 Å². The molecule has 0 saturated heterocycles. The molecular formula is C29H28F2N8O3. The number of ether oxygens (including phenoxy) is 1. The predicted molar refractivity (Wildman–Crippen MR) is 152 cm³/mol. The fourth-order valence-corrected chi connectivity index (χ4v) is 4.66. The number of carbonyl (C=O) groups excluding carboxylic acids is 1. The average Bonchev–Trinajstić information content (AvgIpc) is 2.97. The summed E-state index contributed by atoms with van der Waals surface area (Å²) in [6, 6.07) is 11.5. The fraction of sp³-hybridized carbons (Fsp3) is 0.241. The van der Waals surface area contributed by atoms with Crippen LogP contribution in [0, 0.1) is 17.0 Å². The Labute approximate surface area is 239 Å². The minimum atomic E-state index is -0.817. The molecule has 4 aromatic rings. The molecule has 0 aliphatic carbocycles. The Balaban J connectivity index is 1.46. The summed E-state index contributed by atoms with van der Waals surface area (Å²) in [5.41, 5.74) is 6.25. The number of nitrogens with one attached hydrogen (secondary N) is 2. The van der Waals surface area contributed by atoms with Gasteiger partial charge in [0, 0.05) is 36.5 Å².